The normalized spacial score (nSPS) is 18.3. The summed E-state index contributed by atoms with van der Waals surface area (Å²) in [6.07, 6.45) is -3.63. The maximum absolute atomic E-state index is 13.5. The highest BCUT2D eigenvalue weighted by molar-refractivity contribution is 5.81. The molecule has 2 atom stereocenters. The molecule has 0 radical (unpaired) electrons. The van der Waals surface area contributed by atoms with E-state index in [9.17, 15) is 27.2 Å². The summed E-state index contributed by atoms with van der Waals surface area (Å²) in [4.78, 5) is 26.5. The van der Waals surface area contributed by atoms with Crippen LogP contribution in [-0.2, 0) is 9.53 Å². The predicted octanol–water partition coefficient (Wildman–Crippen LogP) is 2.77. The van der Waals surface area contributed by atoms with Crippen LogP contribution in [0.2, 0.25) is 0 Å². The van der Waals surface area contributed by atoms with Gasteiger partial charge in [-0.15, -0.1) is 0 Å². The van der Waals surface area contributed by atoms with Gasteiger partial charge >= 0.3 is 18.2 Å². The number of carbonyl (C=O) groups is 2. The molecule has 1 aliphatic rings. The Morgan fingerprint density at radius 3 is 2.76 bits per heavy atom. The number of amides is 2. The van der Waals surface area contributed by atoms with Crippen LogP contribution in [0.4, 0.5) is 22.4 Å². The number of ether oxygens (including phenoxy) is 1. The van der Waals surface area contributed by atoms with Crippen LogP contribution < -0.4 is 10.6 Å². The molecular formula is C19H13F4N3O3. The maximum atomic E-state index is 13.5. The van der Waals surface area contributed by atoms with E-state index in [4.69, 9.17) is 4.74 Å². The SMILES string of the molecule is O=C1N[C@H](c2cncc(C#CCNC(=O)C(F)(F)F)c2)[C@@H](c2cccc(F)c2)O1. The fraction of sp³-hybridized carbons (Fsp3) is 0.211. The molecule has 1 aliphatic heterocycles. The minimum absolute atomic E-state index is 0.350. The molecule has 6 nitrogen and oxygen atoms in total. The zero-order valence-electron chi connectivity index (χ0n) is 14.6. The zero-order chi connectivity index (χ0) is 21.0. The predicted molar refractivity (Wildman–Crippen MR) is 91.7 cm³/mol. The summed E-state index contributed by atoms with van der Waals surface area (Å²) in [5, 5.41) is 4.24. The number of alkyl halides is 3. The van der Waals surface area contributed by atoms with Gasteiger partial charge in [-0.1, -0.05) is 24.0 Å². The fourth-order valence-electron chi connectivity index (χ4n) is 2.69. The van der Waals surface area contributed by atoms with Crippen LogP contribution in [0, 0.1) is 17.7 Å². The van der Waals surface area contributed by atoms with E-state index in [0.29, 0.717) is 16.7 Å². The van der Waals surface area contributed by atoms with E-state index in [1.54, 1.807) is 17.4 Å². The molecule has 1 aromatic heterocycles. The van der Waals surface area contributed by atoms with Gasteiger partial charge < -0.3 is 15.4 Å². The number of aromatic nitrogens is 1. The first kappa shape index (κ1) is 20.1. The second-order valence-electron chi connectivity index (χ2n) is 5.99. The molecule has 0 saturated carbocycles. The van der Waals surface area contributed by atoms with Crippen molar-refractivity contribution in [3.05, 3.63) is 65.2 Å². The number of nitrogens with one attached hydrogen (secondary N) is 2. The third kappa shape index (κ3) is 5.01. The van der Waals surface area contributed by atoms with Crippen molar-refractivity contribution >= 4 is 12.0 Å². The summed E-state index contributed by atoms with van der Waals surface area (Å²) in [6.45, 7) is -0.502. The summed E-state index contributed by atoms with van der Waals surface area (Å²) < 4.78 is 55.1. The van der Waals surface area contributed by atoms with E-state index in [-0.39, 0.29) is 0 Å². The highest BCUT2D eigenvalue weighted by Crippen LogP contribution is 2.36. The number of benzene rings is 1. The number of carbonyl (C=O) groups excluding carboxylic acids is 2. The third-order valence-corrected chi connectivity index (χ3v) is 3.93. The van der Waals surface area contributed by atoms with Crippen molar-refractivity contribution in [3.8, 4) is 11.8 Å². The summed E-state index contributed by atoms with van der Waals surface area (Å²) >= 11 is 0. The molecule has 2 heterocycles. The van der Waals surface area contributed by atoms with E-state index in [2.05, 4.69) is 22.1 Å². The van der Waals surface area contributed by atoms with Gasteiger partial charge in [-0.05, 0) is 29.3 Å². The lowest BCUT2D eigenvalue weighted by atomic mass is 9.97. The lowest BCUT2D eigenvalue weighted by molar-refractivity contribution is -0.173. The fourth-order valence-corrected chi connectivity index (χ4v) is 2.69. The van der Waals surface area contributed by atoms with Crippen LogP contribution in [-0.4, -0.2) is 29.7 Å². The Morgan fingerprint density at radius 1 is 1.24 bits per heavy atom. The molecule has 29 heavy (non-hydrogen) atoms. The van der Waals surface area contributed by atoms with E-state index < -0.39 is 42.7 Å². The Hall–Kier alpha value is -3.61. The summed E-state index contributed by atoms with van der Waals surface area (Å²) in [5.41, 5.74) is 1.30. The smallest absolute Gasteiger partial charge is 0.439 e. The molecule has 10 heteroatoms. The molecule has 0 unspecified atom stereocenters. The average molecular weight is 407 g/mol. The molecule has 2 N–H and O–H groups in total. The second kappa shape index (κ2) is 8.18. The zero-order valence-corrected chi connectivity index (χ0v) is 14.6. The first-order valence-electron chi connectivity index (χ1n) is 8.25. The summed E-state index contributed by atoms with van der Waals surface area (Å²) in [7, 11) is 0. The molecule has 1 fully saturated rings. The standard InChI is InChI=1S/C19H13F4N3O3/c20-14-5-1-4-12(8-14)16-15(26-18(28)29-16)13-7-11(9-24-10-13)3-2-6-25-17(27)19(21,22)23/h1,4-5,7-10,15-16H,6H2,(H,25,27)(H,26,28)/t15-,16-/m1/s1. The Morgan fingerprint density at radius 2 is 2.03 bits per heavy atom. The highest BCUT2D eigenvalue weighted by atomic mass is 19.4. The topological polar surface area (TPSA) is 80.3 Å². The van der Waals surface area contributed by atoms with Crippen molar-refractivity contribution in [3.63, 3.8) is 0 Å². The minimum atomic E-state index is -4.98. The van der Waals surface area contributed by atoms with Gasteiger partial charge in [0.25, 0.3) is 0 Å². The van der Waals surface area contributed by atoms with Gasteiger partial charge in [0.05, 0.1) is 6.54 Å². The summed E-state index contributed by atoms with van der Waals surface area (Å²) in [6, 6.07) is 6.52. The van der Waals surface area contributed by atoms with Crippen LogP contribution in [0.3, 0.4) is 0 Å². The van der Waals surface area contributed by atoms with Crippen molar-refractivity contribution in [2.45, 2.75) is 18.3 Å². The molecule has 0 spiro atoms. The van der Waals surface area contributed by atoms with E-state index in [1.165, 1.54) is 30.6 Å². The van der Waals surface area contributed by atoms with Crippen molar-refractivity contribution in [2.75, 3.05) is 6.54 Å². The molecule has 150 valence electrons. The first-order valence-corrected chi connectivity index (χ1v) is 8.25. The van der Waals surface area contributed by atoms with E-state index in [1.807, 2.05) is 0 Å². The molecule has 0 bridgehead atoms. The minimum Gasteiger partial charge on any atom is -0.439 e. The molecule has 2 amide bonds. The Labute approximate surface area is 162 Å². The molecular weight excluding hydrogens is 394 g/mol. The highest BCUT2D eigenvalue weighted by Gasteiger charge is 2.38. The number of hydrogen-bond acceptors (Lipinski definition) is 4. The van der Waals surface area contributed by atoms with Crippen LogP contribution in [0.25, 0.3) is 0 Å². The number of hydrogen-bond donors (Lipinski definition) is 2. The van der Waals surface area contributed by atoms with Crippen LogP contribution in [0.15, 0.2) is 42.7 Å². The van der Waals surface area contributed by atoms with Crippen molar-refractivity contribution < 1.29 is 31.9 Å². The maximum Gasteiger partial charge on any atom is 0.471 e. The molecule has 1 aromatic carbocycles. The van der Waals surface area contributed by atoms with Gasteiger partial charge in [0.15, 0.2) is 6.10 Å². The monoisotopic (exact) mass is 407 g/mol. The van der Waals surface area contributed by atoms with Gasteiger partial charge in [-0.2, -0.15) is 13.2 Å². The Balaban J connectivity index is 1.76. The van der Waals surface area contributed by atoms with Gasteiger partial charge in [-0.25, -0.2) is 9.18 Å². The number of cyclic esters (lactones) is 1. The second-order valence-corrected chi connectivity index (χ2v) is 5.99. The van der Waals surface area contributed by atoms with Crippen molar-refractivity contribution in [1.29, 1.82) is 0 Å². The third-order valence-electron chi connectivity index (χ3n) is 3.93. The largest absolute Gasteiger partial charge is 0.471 e. The van der Waals surface area contributed by atoms with Gasteiger partial charge in [0, 0.05) is 18.0 Å². The number of nitrogens with zero attached hydrogens (tertiary/aromatic N) is 1. The van der Waals surface area contributed by atoms with E-state index in [0.717, 1.165) is 0 Å². The van der Waals surface area contributed by atoms with Crippen LogP contribution >= 0.6 is 0 Å². The molecule has 0 aliphatic carbocycles. The lowest BCUT2D eigenvalue weighted by Gasteiger charge is -2.17. The number of alkyl carbamates (subject to hydrolysis) is 1. The van der Waals surface area contributed by atoms with Gasteiger partial charge in [0.1, 0.15) is 11.9 Å². The van der Waals surface area contributed by atoms with Gasteiger partial charge in [0.2, 0.25) is 0 Å². The lowest BCUT2D eigenvalue weighted by Crippen LogP contribution is -2.36. The van der Waals surface area contributed by atoms with E-state index >= 15 is 0 Å². The number of rotatable bonds is 3. The molecule has 2 aromatic rings. The van der Waals surface area contributed by atoms with Crippen molar-refractivity contribution in [2.24, 2.45) is 0 Å². The van der Waals surface area contributed by atoms with Crippen molar-refractivity contribution in [1.82, 2.24) is 15.6 Å². The quantitative estimate of drug-likeness (QED) is 0.606. The van der Waals surface area contributed by atoms with Crippen LogP contribution in [0.1, 0.15) is 28.8 Å². The molecule has 1 saturated heterocycles. The van der Waals surface area contributed by atoms with Gasteiger partial charge in [-0.3, -0.25) is 9.78 Å². The Kier molecular flexibility index (Phi) is 5.68. The van der Waals surface area contributed by atoms with Crippen LogP contribution in [0.5, 0.6) is 0 Å². The first-order chi connectivity index (χ1) is 13.7. The Bertz CT molecular complexity index is 998. The summed E-state index contributed by atoms with van der Waals surface area (Å²) in [5.74, 6) is 2.41. The number of pyridine rings is 1. The molecule has 3 rings (SSSR count). The number of halogens is 4. The average Bonchev–Trinajstić information content (AvgIpc) is 3.06.